The summed E-state index contributed by atoms with van der Waals surface area (Å²) in [5.41, 5.74) is 1.03. The lowest BCUT2D eigenvalue weighted by Gasteiger charge is -2.02. The first kappa shape index (κ1) is 9.80. The van der Waals surface area contributed by atoms with Gasteiger partial charge in [0, 0.05) is 6.20 Å². The second kappa shape index (κ2) is 3.62. The fraction of sp³-hybridized carbons (Fsp3) is 0.111. The van der Waals surface area contributed by atoms with E-state index >= 15 is 0 Å². The molecule has 0 radical (unpaired) electrons. The molecule has 1 N–H and O–H groups in total. The third-order valence-electron chi connectivity index (χ3n) is 1.57. The van der Waals surface area contributed by atoms with E-state index in [1.54, 1.807) is 24.3 Å². The molecular formula is C9H11NO2S. The van der Waals surface area contributed by atoms with Crippen LogP contribution in [0.15, 0.2) is 41.9 Å². The molecule has 0 aliphatic heterocycles. The van der Waals surface area contributed by atoms with Crippen molar-refractivity contribution in [2.75, 3.05) is 0 Å². The predicted octanol–water partition coefficient (Wildman–Crippen LogP) is 1.42. The average Bonchev–Trinajstić information content (AvgIpc) is 2.05. The molecule has 0 heterocycles. The summed E-state index contributed by atoms with van der Waals surface area (Å²) < 4.78 is 24.9. The molecule has 0 unspecified atom stereocenters. The summed E-state index contributed by atoms with van der Waals surface area (Å²) in [6, 6.07) is 6.61. The van der Waals surface area contributed by atoms with Gasteiger partial charge in [0.15, 0.2) is 0 Å². The van der Waals surface area contributed by atoms with Gasteiger partial charge in [0.25, 0.3) is 10.0 Å². The maximum atomic E-state index is 11.4. The summed E-state index contributed by atoms with van der Waals surface area (Å²) in [4.78, 5) is 0.248. The highest BCUT2D eigenvalue weighted by Crippen LogP contribution is 2.09. The molecule has 0 saturated carbocycles. The number of aryl methyl sites for hydroxylation is 1. The Hall–Kier alpha value is -1.29. The van der Waals surface area contributed by atoms with Gasteiger partial charge in [-0.3, -0.25) is 4.72 Å². The number of sulfonamides is 1. The highest BCUT2D eigenvalue weighted by Gasteiger charge is 2.09. The minimum absolute atomic E-state index is 0.248. The van der Waals surface area contributed by atoms with E-state index in [1.165, 1.54) is 0 Å². The van der Waals surface area contributed by atoms with Crippen molar-refractivity contribution in [1.29, 1.82) is 0 Å². The van der Waals surface area contributed by atoms with Gasteiger partial charge in [-0.1, -0.05) is 24.3 Å². The molecule has 3 nitrogen and oxygen atoms in total. The molecule has 0 aromatic heterocycles. The van der Waals surface area contributed by atoms with E-state index in [0.717, 1.165) is 11.8 Å². The number of benzene rings is 1. The Kier molecular flexibility index (Phi) is 2.72. The number of hydrogen-bond donors (Lipinski definition) is 1. The standard InChI is InChI=1S/C9H11NO2S/c1-3-10-13(11,12)9-6-4-8(2)5-7-9/h3-7,10H,1H2,2H3. The molecule has 0 saturated heterocycles. The van der Waals surface area contributed by atoms with Gasteiger partial charge >= 0.3 is 0 Å². The zero-order chi connectivity index (χ0) is 9.90. The minimum Gasteiger partial charge on any atom is -0.287 e. The van der Waals surface area contributed by atoms with Gasteiger partial charge in [-0.25, -0.2) is 8.42 Å². The predicted molar refractivity (Wildman–Crippen MR) is 51.7 cm³/mol. The Morgan fingerprint density at radius 1 is 1.31 bits per heavy atom. The zero-order valence-corrected chi connectivity index (χ0v) is 8.14. The van der Waals surface area contributed by atoms with Crippen LogP contribution in [0.2, 0.25) is 0 Å². The van der Waals surface area contributed by atoms with E-state index < -0.39 is 10.0 Å². The van der Waals surface area contributed by atoms with E-state index in [4.69, 9.17) is 0 Å². The number of hydrogen-bond acceptors (Lipinski definition) is 2. The molecular weight excluding hydrogens is 186 g/mol. The van der Waals surface area contributed by atoms with Crippen LogP contribution in [-0.4, -0.2) is 8.42 Å². The maximum Gasteiger partial charge on any atom is 0.261 e. The van der Waals surface area contributed by atoms with Crippen molar-refractivity contribution in [1.82, 2.24) is 4.72 Å². The Morgan fingerprint density at radius 2 is 1.85 bits per heavy atom. The molecule has 70 valence electrons. The van der Waals surface area contributed by atoms with Crippen molar-refractivity contribution in [2.45, 2.75) is 11.8 Å². The molecule has 0 atom stereocenters. The highest BCUT2D eigenvalue weighted by molar-refractivity contribution is 7.89. The third kappa shape index (κ3) is 2.32. The van der Waals surface area contributed by atoms with Crippen LogP contribution in [0.3, 0.4) is 0 Å². The molecule has 0 aliphatic carbocycles. The fourth-order valence-electron chi connectivity index (χ4n) is 0.895. The first-order valence-corrected chi connectivity index (χ1v) is 5.24. The zero-order valence-electron chi connectivity index (χ0n) is 7.32. The summed E-state index contributed by atoms with van der Waals surface area (Å²) in [6.07, 6.45) is 1.15. The minimum atomic E-state index is -3.40. The first-order chi connectivity index (χ1) is 6.06. The smallest absolute Gasteiger partial charge is 0.261 e. The van der Waals surface area contributed by atoms with Crippen molar-refractivity contribution in [3.63, 3.8) is 0 Å². The van der Waals surface area contributed by atoms with Crippen LogP contribution in [0.5, 0.6) is 0 Å². The van der Waals surface area contributed by atoms with E-state index in [-0.39, 0.29) is 4.90 Å². The highest BCUT2D eigenvalue weighted by atomic mass is 32.2. The first-order valence-electron chi connectivity index (χ1n) is 3.76. The summed E-state index contributed by atoms with van der Waals surface area (Å²) in [5, 5.41) is 0. The Bertz CT molecular complexity index is 392. The summed E-state index contributed by atoms with van der Waals surface area (Å²) in [6.45, 7) is 5.20. The van der Waals surface area contributed by atoms with Crippen molar-refractivity contribution in [3.8, 4) is 0 Å². The van der Waals surface area contributed by atoms with Gasteiger partial charge < -0.3 is 0 Å². The Morgan fingerprint density at radius 3 is 2.31 bits per heavy atom. The summed E-state index contributed by atoms with van der Waals surface area (Å²) in [7, 11) is -3.40. The molecule has 1 aromatic rings. The Balaban J connectivity index is 3.08. The van der Waals surface area contributed by atoms with Crippen LogP contribution in [0.25, 0.3) is 0 Å². The van der Waals surface area contributed by atoms with Crippen LogP contribution < -0.4 is 4.72 Å². The van der Waals surface area contributed by atoms with Crippen LogP contribution in [0.4, 0.5) is 0 Å². The molecule has 0 bridgehead atoms. The van der Waals surface area contributed by atoms with Gasteiger partial charge in [0.05, 0.1) is 4.90 Å². The van der Waals surface area contributed by atoms with Crippen LogP contribution in [-0.2, 0) is 10.0 Å². The van der Waals surface area contributed by atoms with Gasteiger partial charge in [-0.15, -0.1) is 0 Å². The Labute approximate surface area is 78.1 Å². The lowest BCUT2D eigenvalue weighted by molar-refractivity contribution is 0.590. The molecule has 13 heavy (non-hydrogen) atoms. The van der Waals surface area contributed by atoms with Gasteiger partial charge in [0.2, 0.25) is 0 Å². The van der Waals surface area contributed by atoms with E-state index in [0.29, 0.717) is 0 Å². The lowest BCUT2D eigenvalue weighted by Crippen LogP contribution is -2.17. The van der Waals surface area contributed by atoms with Crippen LogP contribution >= 0.6 is 0 Å². The summed E-state index contributed by atoms with van der Waals surface area (Å²) >= 11 is 0. The molecule has 0 spiro atoms. The normalized spacial score (nSPS) is 10.8. The summed E-state index contributed by atoms with van der Waals surface area (Å²) in [5.74, 6) is 0. The van der Waals surface area contributed by atoms with Crippen molar-refractivity contribution >= 4 is 10.0 Å². The molecule has 4 heteroatoms. The molecule has 0 aliphatic rings. The second-order valence-corrected chi connectivity index (χ2v) is 4.35. The molecule has 1 aromatic carbocycles. The molecule has 0 fully saturated rings. The SMILES string of the molecule is C=CNS(=O)(=O)c1ccc(C)cc1. The van der Waals surface area contributed by atoms with E-state index in [9.17, 15) is 8.42 Å². The lowest BCUT2D eigenvalue weighted by atomic mass is 10.2. The second-order valence-electron chi connectivity index (χ2n) is 2.64. The van der Waals surface area contributed by atoms with Gasteiger partial charge in [-0.2, -0.15) is 0 Å². The van der Waals surface area contributed by atoms with Crippen molar-refractivity contribution < 1.29 is 8.42 Å². The average molecular weight is 197 g/mol. The quantitative estimate of drug-likeness (QED) is 0.796. The topological polar surface area (TPSA) is 46.2 Å². The number of nitrogens with one attached hydrogen (secondary N) is 1. The fourth-order valence-corrected chi connectivity index (χ4v) is 1.75. The van der Waals surface area contributed by atoms with Crippen LogP contribution in [0, 0.1) is 6.92 Å². The van der Waals surface area contributed by atoms with E-state index in [2.05, 4.69) is 11.3 Å². The molecule has 0 amide bonds. The van der Waals surface area contributed by atoms with Gasteiger partial charge in [-0.05, 0) is 19.1 Å². The monoisotopic (exact) mass is 197 g/mol. The van der Waals surface area contributed by atoms with E-state index in [1.807, 2.05) is 6.92 Å². The molecule has 1 rings (SSSR count). The van der Waals surface area contributed by atoms with Crippen molar-refractivity contribution in [2.24, 2.45) is 0 Å². The largest absolute Gasteiger partial charge is 0.287 e. The maximum absolute atomic E-state index is 11.4. The number of rotatable bonds is 3. The van der Waals surface area contributed by atoms with Crippen molar-refractivity contribution in [3.05, 3.63) is 42.6 Å². The third-order valence-corrected chi connectivity index (χ3v) is 2.94. The van der Waals surface area contributed by atoms with Crippen LogP contribution in [0.1, 0.15) is 5.56 Å². The van der Waals surface area contributed by atoms with Gasteiger partial charge in [0.1, 0.15) is 0 Å².